The summed E-state index contributed by atoms with van der Waals surface area (Å²) in [5.74, 6) is -0.225. The number of aromatic nitrogens is 2. The first kappa shape index (κ1) is 13.1. The summed E-state index contributed by atoms with van der Waals surface area (Å²) in [5.41, 5.74) is 1.79. The standard InChI is InChI=1S/C14H16N2O3/c1-16-10-11(9-15-16)6-7-19-13-5-3-2-4-12(13)8-14(17)18/h2-5,9-10H,6-8H2,1H3,(H,17,18). The van der Waals surface area contributed by atoms with Gasteiger partial charge in [0.25, 0.3) is 0 Å². The van der Waals surface area contributed by atoms with E-state index < -0.39 is 5.97 Å². The van der Waals surface area contributed by atoms with Crippen molar-refractivity contribution in [3.8, 4) is 5.75 Å². The van der Waals surface area contributed by atoms with Gasteiger partial charge in [0.15, 0.2) is 0 Å². The van der Waals surface area contributed by atoms with Crippen LogP contribution in [0.4, 0.5) is 0 Å². The van der Waals surface area contributed by atoms with Crippen molar-refractivity contribution in [2.75, 3.05) is 6.61 Å². The maximum Gasteiger partial charge on any atom is 0.307 e. The zero-order chi connectivity index (χ0) is 13.7. The molecule has 0 atom stereocenters. The summed E-state index contributed by atoms with van der Waals surface area (Å²) in [6, 6.07) is 7.21. The zero-order valence-corrected chi connectivity index (χ0v) is 10.7. The summed E-state index contributed by atoms with van der Waals surface area (Å²) in [7, 11) is 1.87. The van der Waals surface area contributed by atoms with Crippen LogP contribution in [0.15, 0.2) is 36.7 Å². The van der Waals surface area contributed by atoms with E-state index in [1.807, 2.05) is 25.4 Å². The first-order valence-electron chi connectivity index (χ1n) is 6.05. The molecule has 1 heterocycles. The van der Waals surface area contributed by atoms with E-state index in [2.05, 4.69) is 5.10 Å². The molecule has 1 N–H and O–H groups in total. The molecule has 2 aromatic rings. The van der Waals surface area contributed by atoms with Crippen molar-refractivity contribution < 1.29 is 14.6 Å². The fraction of sp³-hybridized carbons (Fsp3) is 0.286. The van der Waals surface area contributed by atoms with Gasteiger partial charge in [-0.2, -0.15) is 5.10 Å². The van der Waals surface area contributed by atoms with Crippen molar-refractivity contribution in [1.82, 2.24) is 9.78 Å². The lowest BCUT2D eigenvalue weighted by atomic mass is 10.1. The second kappa shape index (κ2) is 6.04. The number of hydrogen-bond acceptors (Lipinski definition) is 3. The monoisotopic (exact) mass is 260 g/mol. The number of ether oxygens (including phenoxy) is 1. The average Bonchev–Trinajstić information content (AvgIpc) is 2.77. The number of nitrogens with zero attached hydrogens (tertiary/aromatic N) is 2. The Morgan fingerprint density at radius 3 is 2.89 bits per heavy atom. The molecule has 5 nitrogen and oxygen atoms in total. The Balaban J connectivity index is 1.93. The molecule has 0 radical (unpaired) electrons. The molecule has 0 aliphatic heterocycles. The van der Waals surface area contributed by atoms with Crippen molar-refractivity contribution in [2.24, 2.45) is 7.05 Å². The van der Waals surface area contributed by atoms with E-state index in [0.717, 1.165) is 12.0 Å². The molecule has 5 heteroatoms. The fourth-order valence-corrected chi connectivity index (χ4v) is 1.83. The molecule has 100 valence electrons. The first-order valence-corrected chi connectivity index (χ1v) is 6.05. The van der Waals surface area contributed by atoms with Crippen LogP contribution >= 0.6 is 0 Å². The molecular weight excluding hydrogens is 244 g/mol. The van der Waals surface area contributed by atoms with Crippen LogP contribution in [0.3, 0.4) is 0 Å². The Morgan fingerprint density at radius 2 is 2.21 bits per heavy atom. The maximum atomic E-state index is 10.8. The van der Waals surface area contributed by atoms with Gasteiger partial charge >= 0.3 is 5.97 Å². The van der Waals surface area contributed by atoms with E-state index in [1.54, 1.807) is 23.0 Å². The highest BCUT2D eigenvalue weighted by atomic mass is 16.5. The minimum atomic E-state index is -0.858. The molecule has 0 saturated heterocycles. The van der Waals surface area contributed by atoms with Crippen LogP contribution in [0.2, 0.25) is 0 Å². The number of rotatable bonds is 6. The zero-order valence-electron chi connectivity index (χ0n) is 10.7. The Hall–Kier alpha value is -2.30. The van der Waals surface area contributed by atoms with Crippen molar-refractivity contribution in [3.63, 3.8) is 0 Å². The Kier molecular flexibility index (Phi) is 4.18. The molecule has 0 fully saturated rings. The van der Waals surface area contributed by atoms with Gasteiger partial charge < -0.3 is 9.84 Å². The molecule has 2 rings (SSSR count). The van der Waals surface area contributed by atoms with Gasteiger partial charge in [0, 0.05) is 25.2 Å². The van der Waals surface area contributed by atoms with E-state index in [-0.39, 0.29) is 6.42 Å². The summed E-state index contributed by atoms with van der Waals surface area (Å²) in [4.78, 5) is 10.8. The van der Waals surface area contributed by atoms with E-state index in [4.69, 9.17) is 9.84 Å². The van der Waals surface area contributed by atoms with Gasteiger partial charge in [-0.1, -0.05) is 18.2 Å². The van der Waals surface area contributed by atoms with Crippen LogP contribution in [-0.4, -0.2) is 27.5 Å². The second-order valence-corrected chi connectivity index (χ2v) is 4.30. The van der Waals surface area contributed by atoms with Crippen LogP contribution in [0.1, 0.15) is 11.1 Å². The fourth-order valence-electron chi connectivity index (χ4n) is 1.83. The number of aliphatic carboxylic acids is 1. The molecule has 1 aromatic heterocycles. The topological polar surface area (TPSA) is 64.3 Å². The average molecular weight is 260 g/mol. The lowest BCUT2D eigenvalue weighted by Gasteiger charge is -2.09. The molecule has 0 saturated carbocycles. The minimum Gasteiger partial charge on any atom is -0.493 e. The molecule has 0 aliphatic rings. The van der Waals surface area contributed by atoms with Crippen LogP contribution in [0.5, 0.6) is 5.75 Å². The Bertz CT molecular complexity index is 563. The minimum absolute atomic E-state index is 0.0247. The quantitative estimate of drug-likeness (QED) is 0.858. The van der Waals surface area contributed by atoms with E-state index in [9.17, 15) is 4.79 Å². The third-order valence-electron chi connectivity index (χ3n) is 2.72. The third-order valence-corrected chi connectivity index (χ3v) is 2.72. The summed E-state index contributed by atoms with van der Waals surface area (Å²) in [6.45, 7) is 0.502. The largest absolute Gasteiger partial charge is 0.493 e. The highest BCUT2D eigenvalue weighted by Crippen LogP contribution is 2.18. The van der Waals surface area contributed by atoms with Crippen LogP contribution in [0.25, 0.3) is 0 Å². The number of para-hydroxylation sites is 1. The summed E-state index contributed by atoms with van der Waals surface area (Å²) in [5, 5.41) is 12.9. The molecule has 1 aromatic carbocycles. The normalized spacial score (nSPS) is 10.4. The van der Waals surface area contributed by atoms with E-state index in [0.29, 0.717) is 17.9 Å². The summed E-state index contributed by atoms with van der Waals surface area (Å²) < 4.78 is 7.39. The number of carboxylic acid groups (broad SMARTS) is 1. The van der Waals surface area contributed by atoms with E-state index in [1.165, 1.54) is 0 Å². The van der Waals surface area contributed by atoms with Crippen LogP contribution in [-0.2, 0) is 24.7 Å². The summed E-state index contributed by atoms with van der Waals surface area (Å²) in [6.07, 6.45) is 4.46. The highest BCUT2D eigenvalue weighted by molar-refractivity contribution is 5.71. The molecule has 0 spiro atoms. The van der Waals surface area contributed by atoms with Crippen molar-refractivity contribution in [2.45, 2.75) is 12.8 Å². The van der Waals surface area contributed by atoms with Gasteiger partial charge in [-0.25, -0.2) is 0 Å². The van der Waals surface area contributed by atoms with Gasteiger partial charge in [0.1, 0.15) is 5.75 Å². The first-order chi connectivity index (χ1) is 9.15. The number of hydrogen-bond donors (Lipinski definition) is 1. The van der Waals surface area contributed by atoms with Crippen LogP contribution in [0, 0.1) is 0 Å². The smallest absolute Gasteiger partial charge is 0.307 e. The van der Waals surface area contributed by atoms with Crippen molar-refractivity contribution >= 4 is 5.97 Å². The summed E-state index contributed by atoms with van der Waals surface area (Å²) >= 11 is 0. The van der Waals surface area contributed by atoms with Gasteiger partial charge in [-0.3, -0.25) is 9.48 Å². The van der Waals surface area contributed by atoms with Gasteiger partial charge in [-0.15, -0.1) is 0 Å². The number of benzene rings is 1. The number of carbonyl (C=O) groups is 1. The van der Waals surface area contributed by atoms with Gasteiger partial charge in [0.2, 0.25) is 0 Å². The van der Waals surface area contributed by atoms with E-state index >= 15 is 0 Å². The lowest BCUT2D eigenvalue weighted by molar-refractivity contribution is -0.136. The molecule has 0 unspecified atom stereocenters. The molecular formula is C14H16N2O3. The predicted octanol–water partition coefficient (Wildman–Crippen LogP) is 1.67. The van der Waals surface area contributed by atoms with Crippen LogP contribution < -0.4 is 4.74 Å². The SMILES string of the molecule is Cn1cc(CCOc2ccccc2CC(=O)O)cn1. The molecule has 0 bridgehead atoms. The Labute approximate surface area is 111 Å². The maximum absolute atomic E-state index is 10.8. The highest BCUT2D eigenvalue weighted by Gasteiger charge is 2.07. The number of aryl methyl sites for hydroxylation is 1. The van der Waals surface area contributed by atoms with Crippen molar-refractivity contribution in [1.29, 1.82) is 0 Å². The molecule has 0 amide bonds. The third kappa shape index (κ3) is 3.84. The van der Waals surface area contributed by atoms with Gasteiger partial charge in [0.05, 0.1) is 19.2 Å². The number of carboxylic acids is 1. The molecule has 19 heavy (non-hydrogen) atoms. The Morgan fingerprint density at radius 1 is 1.42 bits per heavy atom. The van der Waals surface area contributed by atoms with Gasteiger partial charge in [-0.05, 0) is 11.6 Å². The second-order valence-electron chi connectivity index (χ2n) is 4.30. The lowest BCUT2D eigenvalue weighted by Crippen LogP contribution is -2.06. The molecule has 0 aliphatic carbocycles. The predicted molar refractivity (Wildman–Crippen MR) is 70.2 cm³/mol. The van der Waals surface area contributed by atoms with Crippen molar-refractivity contribution in [3.05, 3.63) is 47.8 Å².